The molecule has 2 unspecified atom stereocenters. The number of ether oxygens (including phenoxy) is 1. The lowest BCUT2D eigenvalue weighted by Crippen LogP contribution is -2.55. The van der Waals surface area contributed by atoms with Crippen LogP contribution in [0.25, 0.3) is 11.6 Å². The number of benzene rings is 2. The second kappa shape index (κ2) is 7.70. The van der Waals surface area contributed by atoms with E-state index in [2.05, 4.69) is 24.0 Å². The highest BCUT2D eigenvalue weighted by Gasteiger charge is 2.45. The van der Waals surface area contributed by atoms with Crippen molar-refractivity contribution >= 4 is 17.6 Å². The Balaban J connectivity index is 1.64. The average molecular weight is 423 g/mol. The highest BCUT2D eigenvalue weighted by Crippen LogP contribution is 2.50. The van der Waals surface area contributed by atoms with Gasteiger partial charge in [0.2, 0.25) is 0 Å². The van der Waals surface area contributed by atoms with Gasteiger partial charge in [0.15, 0.2) is 0 Å². The van der Waals surface area contributed by atoms with Crippen LogP contribution in [0.2, 0.25) is 0 Å². The molecule has 0 spiro atoms. The van der Waals surface area contributed by atoms with Crippen molar-refractivity contribution in [3.8, 4) is 0 Å². The Labute approximate surface area is 179 Å². The minimum Gasteiger partial charge on any atom is -0.478 e. The topological polar surface area (TPSA) is 49.8 Å². The molecule has 1 N–H and O–H groups in total. The molecule has 2 heterocycles. The maximum absolute atomic E-state index is 15.4. The first-order chi connectivity index (χ1) is 14.9. The minimum atomic E-state index is -1.17. The maximum atomic E-state index is 15.4. The van der Waals surface area contributed by atoms with Crippen LogP contribution in [0.3, 0.4) is 0 Å². The fourth-order valence-electron chi connectivity index (χ4n) is 5.21. The van der Waals surface area contributed by atoms with Gasteiger partial charge in [-0.15, -0.1) is 0 Å². The molecule has 6 heteroatoms. The average Bonchev–Trinajstić information content (AvgIpc) is 3.05. The lowest BCUT2D eigenvalue weighted by molar-refractivity contribution is -0.131. The summed E-state index contributed by atoms with van der Waals surface area (Å²) in [6.45, 7) is 3.22. The van der Waals surface area contributed by atoms with Crippen LogP contribution in [0.1, 0.15) is 41.6 Å². The number of carboxylic acid groups (broad SMARTS) is 1. The van der Waals surface area contributed by atoms with Crippen molar-refractivity contribution in [2.45, 2.75) is 37.9 Å². The monoisotopic (exact) mass is 423 g/mol. The van der Waals surface area contributed by atoms with Gasteiger partial charge in [-0.25, -0.2) is 13.6 Å². The summed E-state index contributed by atoms with van der Waals surface area (Å²) in [7, 11) is 0. The molecule has 2 aromatic carbocycles. The van der Waals surface area contributed by atoms with Gasteiger partial charge in [0.1, 0.15) is 11.6 Å². The summed E-state index contributed by atoms with van der Waals surface area (Å²) in [4.78, 5) is 13.0. The second-order valence-electron chi connectivity index (χ2n) is 8.50. The lowest BCUT2D eigenvalue weighted by atomic mass is 9.83. The molecule has 3 aliphatic rings. The fraction of sp³-hybridized carbons (Fsp3) is 0.320. The van der Waals surface area contributed by atoms with Crippen LogP contribution in [0.5, 0.6) is 0 Å². The molecule has 31 heavy (non-hydrogen) atoms. The molecule has 2 atom stereocenters. The number of rotatable bonds is 4. The van der Waals surface area contributed by atoms with E-state index in [0.29, 0.717) is 19.6 Å². The fourth-order valence-corrected chi connectivity index (χ4v) is 5.21. The van der Waals surface area contributed by atoms with Gasteiger partial charge in [0, 0.05) is 17.7 Å². The van der Waals surface area contributed by atoms with Crippen molar-refractivity contribution in [2.24, 2.45) is 0 Å². The van der Waals surface area contributed by atoms with Crippen molar-refractivity contribution in [2.75, 3.05) is 13.2 Å². The van der Waals surface area contributed by atoms with Gasteiger partial charge >= 0.3 is 5.97 Å². The summed E-state index contributed by atoms with van der Waals surface area (Å²) in [6, 6.07) is 10.3. The largest absolute Gasteiger partial charge is 0.478 e. The van der Waals surface area contributed by atoms with E-state index in [1.54, 1.807) is 0 Å². The van der Waals surface area contributed by atoms with Gasteiger partial charge in [-0.1, -0.05) is 24.3 Å². The van der Waals surface area contributed by atoms with Crippen LogP contribution in [0.4, 0.5) is 8.78 Å². The van der Waals surface area contributed by atoms with E-state index >= 15 is 8.78 Å². The Morgan fingerprint density at radius 2 is 1.90 bits per heavy atom. The number of hydrogen-bond donors (Lipinski definition) is 1. The van der Waals surface area contributed by atoms with Crippen molar-refractivity contribution in [1.29, 1.82) is 0 Å². The van der Waals surface area contributed by atoms with Gasteiger partial charge in [0.25, 0.3) is 0 Å². The van der Waals surface area contributed by atoms with Gasteiger partial charge in [-0.2, -0.15) is 0 Å². The molecule has 160 valence electrons. The van der Waals surface area contributed by atoms with E-state index in [4.69, 9.17) is 9.84 Å². The zero-order valence-corrected chi connectivity index (χ0v) is 17.1. The third-order valence-corrected chi connectivity index (χ3v) is 6.58. The van der Waals surface area contributed by atoms with E-state index < -0.39 is 23.6 Å². The summed E-state index contributed by atoms with van der Waals surface area (Å²) < 4.78 is 36.2. The SMILES string of the molecule is CC1CC2=C(Cc3ccccc32)C(c2c(F)cc(/C=C/C(=O)O)cc2F)N1C1COC1. The Morgan fingerprint density at radius 3 is 2.55 bits per heavy atom. The van der Waals surface area contributed by atoms with Gasteiger partial charge < -0.3 is 9.84 Å². The first-order valence-corrected chi connectivity index (χ1v) is 10.5. The highest BCUT2D eigenvalue weighted by atomic mass is 19.1. The smallest absolute Gasteiger partial charge is 0.328 e. The Bertz CT molecular complexity index is 1100. The maximum Gasteiger partial charge on any atom is 0.328 e. The molecular weight excluding hydrogens is 400 g/mol. The number of aliphatic carboxylic acids is 1. The molecule has 1 saturated heterocycles. The zero-order valence-electron chi connectivity index (χ0n) is 17.1. The van der Waals surface area contributed by atoms with Gasteiger partial charge in [-0.3, -0.25) is 4.90 Å². The number of fused-ring (bicyclic) bond motifs is 2. The van der Waals surface area contributed by atoms with E-state index in [0.717, 1.165) is 18.1 Å². The van der Waals surface area contributed by atoms with E-state index in [9.17, 15) is 4.79 Å². The molecular formula is C25H23F2NO3. The van der Waals surface area contributed by atoms with Gasteiger partial charge in [-0.05, 0) is 65.8 Å². The van der Waals surface area contributed by atoms with E-state index in [1.807, 2.05) is 12.1 Å². The molecule has 0 radical (unpaired) electrons. The van der Waals surface area contributed by atoms with E-state index in [-0.39, 0.29) is 23.2 Å². The molecule has 4 nitrogen and oxygen atoms in total. The summed E-state index contributed by atoms with van der Waals surface area (Å²) in [5.41, 5.74) is 4.84. The van der Waals surface area contributed by atoms with Crippen molar-refractivity contribution in [3.63, 3.8) is 0 Å². The Kier molecular flexibility index (Phi) is 4.99. The lowest BCUT2D eigenvalue weighted by Gasteiger charge is -2.49. The Hall–Kier alpha value is -2.83. The number of halogens is 2. The summed E-state index contributed by atoms with van der Waals surface area (Å²) in [5.74, 6) is -2.48. The Morgan fingerprint density at radius 1 is 1.19 bits per heavy atom. The molecule has 1 aliphatic carbocycles. The third kappa shape index (κ3) is 3.40. The number of nitrogens with zero attached hydrogens (tertiary/aromatic N) is 1. The van der Waals surface area contributed by atoms with Crippen LogP contribution in [-0.2, 0) is 16.0 Å². The normalized spacial score (nSPS) is 23.7. The molecule has 2 aromatic rings. The number of carbonyl (C=O) groups is 1. The quantitative estimate of drug-likeness (QED) is 0.730. The van der Waals surface area contributed by atoms with Gasteiger partial charge in [0.05, 0.1) is 25.3 Å². The summed E-state index contributed by atoms with van der Waals surface area (Å²) >= 11 is 0. The second-order valence-corrected chi connectivity index (χ2v) is 8.50. The van der Waals surface area contributed by atoms with Crippen LogP contribution >= 0.6 is 0 Å². The number of hydrogen-bond acceptors (Lipinski definition) is 3. The molecule has 5 rings (SSSR count). The number of carboxylic acids is 1. The van der Waals surface area contributed by atoms with Crippen molar-refractivity contribution in [3.05, 3.63) is 81.9 Å². The van der Waals surface area contributed by atoms with Crippen LogP contribution in [0.15, 0.2) is 48.0 Å². The predicted octanol–water partition coefficient (Wildman–Crippen LogP) is 4.61. The van der Waals surface area contributed by atoms with E-state index in [1.165, 1.54) is 34.9 Å². The van der Waals surface area contributed by atoms with Crippen LogP contribution in [-0.4, -0.2) is 41.3 Å². The molecule has 0 aromatic heterocycles. The highest BCUT2D eigenvalue weighted by molar-refractivity contribution is 5.85. The molecule has 0 saturated carbocycles. The standard InChI is InChI=1S/C25H23F2NO3/c1-14-8-19-18-5-3-2-4-16(18)11-20(19)25(28(14)17-12-31-13-17)24-21(26)9-15(10-22(24)27)6-7-23(29)30/h2-7,9-10,14,17,25H,8,11-13H2,1H3,(H,29,30)/b7-6+. The first kappa shape index (κ1) is 20.1. The third-order valence-electron chi connectivity index (χ3n) is 6.58. The molecule has 2 aliphatic heterocycles. The molecule has 1 fully saturated rings. The first-order valence-electron chi connectivity index (χ1n) is 10.5. The zero-order chi connectivity index (χ0) is 21.7. The molecule has 0 amide bonds. The van der Waals surface area contributed by atoms with Crippen LogP contribution in [0, 0.1) is 11.6 Å². The van der Waals surface area contributed by atoms with Crippen LogP contribution < -0.4 is 0 Å². The minimum absolute atomic E-state index is 0.0335. The summed E-state index contributed by atoms with van der Waals surface area (Å²) in [5, 5.41) is 8.82. The van der Waals surface area contributed by atoms with Crippen molar-refractivity contribution in [1.82, 2.24) is 4.90 Å². The van der Waals surface area contributed by atoms with Crippen molar-refractivity contribution < 1.29 is 23.4 Å². The predicted molar refractivity (Wildman–Crippen MR) is 113 cm³/mol. The molecule has 0 bridgehead atoms. The summed E-state index contributed by atoms with van der Waals surface area (Å²) in [6.07, 6.45) is 3.59.